The van der Waals surface area contributed by atoms with E-state index in [9.17, 15) is 17.9 Å². The molecule has 0 aliphatic carbocycles. The Morgan fingerprint density at radius 1 is 1.40 bits per heavy atom. The third-order valence-corrected chi connectivity index (χ3v) is 5.57. The van der Waals surface area contributed by atoms with Gasteiger partial charge in [0, 0.05) is 25.2 Å². The minimum atomic E-state index is -3.66. The van der Waals surface area contributed by atoms with Crippen molar-refractivity contribution in [1.82, 2.24) is 4.31 Å². The topological polar surface area (TPSA) is 83.6 Å². The van der Waals surface area contributed by atoms with Crippen LogP contribution in [0.2, 0.25) is 0 Å². The van der Waals surface area contributed by atoms with Gasteiger partial charge in [-0.1, -0.05) is 0 Å². The minimum Gasteiger partial charge on any atom is -0.390 e. The molecule has 1 heterocycles. The summed E-state index contributed by atoms with van der Waals surface area (Å²) in [6, 6.07) is 3.64. The molecule has 1 aliphatic heterocycles. The first-order valence-electron chi connectivity index (χ1n) is 6.47. The summed E-state index contributed by atoms with van der Waals surface area (Å²) < 4.78 is 39.6. The average Bonchev–Trinajstić information content (AvgIpc) is 2.38. The summed E-state index contributed by atoms with van der Waals surface area (Å²) in [5.41, 5.74) is 4.75. The summed E-state index contributed by atoms with van der Waals surface area (Å²) in [6.45, 7) is 2.15. The normalized spacial score (nSPS) is 20.0. The van der Waals surface area contributed by atoms with E-state index in [2.05, 4.69) is 0 Å². The molecule has 2 rings (SSSR count). The fraction of sp³-hybridized carbons (Fsp3) is 0.538. The van der Waals surface area contributed by atoms with Gasteiger partial charge < -0.3 is 10.8 Å². The standard InChI is InChI=1S/C13H19FN2O3S/c1-13(17)4-6-16(7-5-13)20(18,19)11-2-3-12(14)10(8-11)9-15/h2-3,8,17H,4-7,9,15H2,1H3. The van der Waals surface area contributed by atoms with Gasteiger partial charge in [-0.15, -0.1) is 0 Å². The van der Waals surface area contributed by atoms with Crippen LogP contribution in [0.25, 0.3) is 0 Å². The molecule has 0 aromatic heterocycles. The van der Waals surface area contributed by atoms with Crippen LogP contribution in [0.1, 0.15) is 25.3 Å². The van der Waals surface area contributed by atoms with E-state index in [0.717, 1.165) is 6.07 Å². The maximum atomic E-state index is 13.4. The molecule has 1 aliphatic rings. The van der Waals surface area contributed by atoms with Crippen LogP contribution >= 0.6 is 0 Å². The average molecular weight is 302 g/mol. The summed E-state index contributed by atoms with van der Waals surface area (Å²) in [6.07, 6.45) is 0.772. The first-order valence-corrected chi connectivity index (χ1v) is 7.91. The third kappa shape index (κ3) is 3.01. The molecule has 5 nitrogen and oxygen atoms in total. The second-order valence-corrected chi connectivity index (χ2v) is 7.30. The molecular formula is C13H19FN2O3S. The van der Waals surface area contributed by atoms with E-state index in [4.69, 9.17) is 5.73 Å². The maximum absolute atomic E-state index is 13.4. The Kier molecular flexibility index (Phi) is 4.15. The number of aliphatic hydroxyl groups is 1. The van der Waals surface area contributed by atoms with Crippen molar-refractivity contribution >= 4 is 10.0 Å². The predicted molar refractivity (Wildman–Crippen MR) is 72.9 cm³/mol. The number of nitrogens with two attached hydrogens (primary N) is 1. The second kappa shape index (κ2) is 5.40. The smallest absolute Gasteiger partial charge is 0.243 e. The van der Waals surface area contributed by atoms with Gasteiger partial charge in [0.15, 0.2) is 0 Å². The van der Waals surface area contributed by atoms with Crippen molar-refractivity contribution in [2.75, 3.05) is 13.1 Å². The number of benzene rings is 1. The summed E-state index contributed by atoms with van der Waals surface area (Å²) in [4.78, 5) is 0.0425. The second-order valence-electron chi connectivity index (χ2n) is 5.36. The van der Waals surface area contributed by atoms with Crippen molar-refractivity contribution in [1.29, 1.82) is 0 Å². The van der Waals surface area contributed by atoms with Crippen LogP contribution in [0.3, 0.4) is 0 Å². The van der Waals surface area contributed by atoms with Gasteiger partial charge in [-0.05, 0) is 38.0 Å². The molecule has 1 aromatic rings. The highest BCUT2D eigenvalue weighted by molar-refractivity contribution is 7.89. The molecule has 0 amide bonds. The largest absolute Gasteiger partial charge is 0.390 e. The summed E-state index contributed by atoms with van der Waals surface area (Å²) in [7, 11) is -3.66. The highest BCUT2D eigenvalue weighted by Crippen LogP contribution is 2.26. The molecule has 20 heavy (non-hydrogen) atoms. The van der Waals surface area contributed by atoms with E-state index in [-0.39, 0.29) is 30.1 Å². The Hall–Kier alpha value is -1.02. The van der Waals surface area contributed by atoms with Gasteiger partial charge in [-0.25, -0.2) is 12.8 Å². The minimum absolute atomic E-state index is 0.0425. The molecule has 3 N–H and O–H groups in total. The van der Waals surface area contributed by atoms with E-state index in [1.807, 2.05) is 0 Å². The SMILES string of the molecule is CC1(O)CCN(S(=O)(=O)c2ccc(F)c(CN)c2)CC1. The van der Waals surface area contributed by atoms with E-state index < -0.39 is 21.4 Å². The molecule has 0 spiro atoms. The molecule has 7 heteroatoms. The Balaban J connectivity index is 2.27. The summed E-state index contributed by atoms with van der Waals surface area (Å²) >= 11 is 0. The quantitative estimate of drug-likeness (QED) is 0.866. The molecule has 0 bridgehead atoms. The Morgan fingerprint density at radius 2 is 2.00 bits per heavy atom. The van der Waals surface area contributed by atoms with Gasteiger partial charge in [0.25, 0.3) is 0 Å². The van der Waals surface area contributed by atoms with E-state index in [0.29, 0.717) is 12.8 Å². The predicted octanol–water partition coefficient (Wildman–Crippen LogP) is 0.820. The van der Waals surface area contributed by atoms with Gasteiger partial charge in [-0.2, -0.15) is 4.31 Å². The van der Waals surface area contributed by atoms with Crippen molar-refractivity contribution in [3.05, 3.63) is 29.6 Å². The molecule has 1 saturated heterocycles. The lowest BCUT2D eigenvalue weighted by Crippen LogP contribution is -2.45. The van der Waals surface area contributed by atoms with Crippen molar-refractivity contribution < 1.29 is 17.9 Å². The van der Waals surface area contributed by atoms with Crippen LogP contribution in [0.5, 0.6) is 0 Å². The number of piperidine rings is 1. The Bertz CT molecular complexity index is 592. The zero-order valence-electron chi connectivity index (χ0n) is 11.3. The molecule has 0 unspecified atom stereocenters. The van der Waals surface area contributed by atoms with Crippen LogP contribution in [0.15, 0.2) is 23.1 Å². The van der Waals surface area contributed by atoms with Gasteiger partial charge in [-0.3, -0.25) is 0 Å². The number of hydrogen-bond donors (Lipinski definition) is 2. The van der Waals surface area contributed by atoms with Crippen molar-refractivity contribution in [3.63, 3.8) is 0 Å². The fourth-order valence-electron chi connectivity index (χ4n) is 2.23. The highest BCUT2D eigenvalue weighted by atomic mass is 32.2. The highest BCUT2D eigenvalue weighted by Gasteiger charge is 2.34. The van der Waals surface area contributed by atoms with Crippen LogP contribution in [0.4, 0.5) is 4.39 Å². The zero-order chi connectivity index (χ0) is 15.0. The number of rotatable bonds is 3. The molecular weight excluding hydrogens is 283 g/mol. The maximum Gasteiger partial charge on any atom is 0.243 e. The number of nitrogens with zero attached hydrogens (tertiary/aromatic N) is 1. The van der Waals surface area contributed by atoms with Crippen molar-refractivity contribution in [2.24, 2.45) is 5.73 Å². The van der Waals surface area contributed by atoms with Crippen LogP contribution in [-0.2, 0) is 16.6 Å². The fourth-order valence-corrected chi connectivity index (χ4v) is 3.72. The lowest BCUT2D eigenvalue weighted by atomic mass is 9.95. The summed E-state index contributed by atoms with van der Waals surface area (Å²) in [5.74, 6) is -0.506. The molecule has 112 valence electrons. The zero-order valence-corrected chi connectivity index (χ0v) is 12.2. The monoisotopic (exact) mass is 302 g/mol. The van der Waals surface area contributed by atoms with E-state index in [1.54, 1.807) is 6.92 Å². The van der Waals surface area contributed by atoms with Gasteiger partial charge in [0.2, 0.25) is 10.0 Å². The van der Waals surface area contributed by atoms with Gasteiger partial charge in [0.1, 0.15) is 5.82 Å². The third-order valence-electron chi connectivity index (χ3n) is 3.67. The van der Waals surface area contributed by atoms with Gasteiger partial charge >= 0.3 is 0 Å². The number of sulfonamides is 1. The lowest BCUT2D eigenvalue weighted by Gasteiger charge is -2.35. The number of halogens is 1. The van der Waals surface area contributed by atoms with Crippen molar-refractivity contribution in [3.8, 4) is 0 Å². The molecule has 0 atom stereocenters. The lowest BCUT2D eigenvalue weighted by molar-refractivity contribution is 0.0126. The first-order chi connectivity index (χ1) is 9.26. The molecule has 1 fully saturated rings. The molecule has 1 aromatic carbocycles. The van der Waals surface area contributed by atoms with Crippen LogP contribution in [0, 0.1) is 5.82 Å². The van der Waals surface area contributed by atoms with E-state index >= 15 is 0 Å². The molecule has 0 radical (unpaired) electrons. The number of hydrogen-bond acceptors (Lipinski definition) is 4. The molecule has 0 saturated carbocycles. The van der Waals surface area contributed by atoms with Crippen LogP contribution < -0.4 is 5.73 Å². The summed E-state index contributed by atoms with van der Waals surface area (Å²) in [5, 5.41) is 9.86. The van der Waals surface area contributed by atoms with Crippen molar-refractivity contribution in [2.45, 2.75) is 36.8 Å². The Morgan fingerprint density at radius 3 is 2.55 bits per heavy atom. The van der Waals surface area contributed by atoms with Crippen LogP contribution in [-0.4, -0.2) is 36.5 Å². The first kappa shape index (κ1) is 15.4. The van der Waals surface area contributed by atoms with E-state index in [1.165, 1.54) is 16.4 Å². The Labute approximate surface area is 118 Å². The van der Waals surface area contributed by atoms with Gasteiger partial charge in [0.05, 0.1) is 10.5 Å².